The van der Waals surface area contributed by atoms with Crippen LogP contribution in [-0.2, 0) is 22.2 Å². The number of nitrogens with zero attached hydrogens (tertiary/aromatic N) is 3. The molecule has 1 atom stereocenters. The number of amides is 1. The van der Waals surface area contributed by atoms with E-state index in [-0.39, 0.29) is 12.1 Å². The fraction of sp³-hybridized carbons (Fsp3) is 0.682. The molecule has 2 saturated heterocycles. The average Bonchev–Trinajstić information content (AvgIpc) is 2.67. The van der Waals surface area contributed by atoms with Gasteiger partial charge in [0.1, 0.15) is 5.60 Å². The fourth-order valence-corrected chi connectivity index (χ4v) is 3.98. The maximum Gasteiger partial charge on any atom is 0.416 e. The smallest absolute Gasteiger partial charge is 0.416 e. The number of halogens is 3. The third-order valence-corrected chi connectivity index (χ3v) is 5.50. The van der Waals surface area contributed by atoms with Gasteiger partial charge >= 0.3 is 12.3 Å². The van der Waals surface area contributed by atoms with Gasteiger partial charge in [-0.3, -0.25) is 4.90 Å². The SMILES string of the molecule is C[C@H]1CN(Cc2ccc(C(F)(F)F)cc2N2CCOCC2)CCN1C(=O)OC(C)(C)C. The Labute approximate surface area is 181 Å². The summed E-state index contributed by atoms with van der Waals surface area (Å²) in [5.74, 6) is 0. The predicted octanol–water partition coefficient (Wildman–Crippen LogP) is 3.98. The lowest BCUT2D eigenvalue weighted by Crippen LogP contribution is -2.54. The van der Waals surface area contributed by atoms with Crippen molar-refractivity contribution in [2.24, 2.45) is 0 Å². The first-order valence-corrected chi connectivity index (χ1v) is 10.7. The number of carbonyl (C=O) groups excluding carboxylic acids is 1. The number of hydrogen-bond acceptors (Lipinski definition) is 5. The monoisotopic (exact) mass is 443 g/mol. The van der Waals surface area contributed by atoms with Crippen LogP contribution in [0.4, 0.5) is 23.7 Å². The van der Waals surface area contributed by atoms with Gasteiger partial charge in [0, 0.05) is 51.0 Å². The second kappa shape index (κ2) is 9.24. The molecule has 0 N–H and O–H groups in total. The zero-order chi connectivity index (χ0) is 22.8. The van der Waals surface area contributed by atoms with E-state index < -0.39 is 17.3 Å². The highest BCUT2D eigenvalue weighted by molar-refractivity contribution is 5.68. The number of piperazine rings is 1. The van der Waals surface area contributed by atoms with Gasteiger partial charge in [-0.15, -0.1) is 0 Å². The molecule has 0 aromatic heterocycles. The minimum absolute atomic E-state index is 0.0510. The zero-order valence-electron chi connectivity index (χ0n) is 18.7. The molecule has 0 unspecified atom stereocenters. The summed E-state index contributed by atoms with van der Waals surface area (Å²) in [5.41, 5.74) is 0.273. The van der Waals surface area contributed by atoms with Crippen LogP contribution >= 0.6 is 0 Å². The molecule has 1 amide bonds. The second-order valence-corrected chi connectivity index (χ2v) is 9.20. The van der Waals surface area contributed by atoms with Gasteiger partial charge in [-0.05, 0) is 45.4 Å². The van der Waals surface area contributed by atoms with Crippen LogP contribution < -0.4 is 4.90 Å². The largest absolute Gasteiger partial charge is 0.444 e. The van der Waals surface area contributed by atoms with Gasteiger partial charge in [-0.2, -0.15) is 13.2 Å². The van der Waals surface area contributed by atoms with Gasteiger partial charge in [-0.1, -0.05) is 6.07 Å². The topological polar surface area (TPSA) is 45.2 Å². The summed E-state index contributed by atoms with van der Waals surface area (Å²) >= 11 is 0. The van der Waals surface area contributed by atoms with E-state index in [9.17, 15) is 18.0 Å². The third kappa shape index (κ3) is 6.26. The number of benzene rings is 1. The predicted molar refractivity (Wildman–Crippen MR) is 112 cm³/mol. The molecular formula is C22H32F3N3O3. The first-order valence-electron chi connectivity index (χ1n) is 10.7. The lowest BCUT2D eigenvalue weighted by atomic mass is 10.1. The van der Waals surface area contributed by atoms with Crippen molar-refractivity contribution in [3.05, 3.63) is 29.3 Å². The van der Waals surface area contributed by atoms with E-state index in [1.165, 1.54) is 6.07 Å². The molecule has 2 aliphatic rings. The van der Waals surface area contributed by atoms with Crippen LogP contribution in [0.1, 0.15) is 38.8 Å². The number of alkyl halides is 3. The summed E-state index contributed by atoms with van der Waals surface area (Å²) in [6.07, 6.45) is -4.71. The summed E-state index contributed by atoms with van der Waals surface area (Å²) in [7, 11) is 0. The number of ether oxygens (including phenoxy) is 2. The molecule has 3 rings (SSSR count). The van der Waals surface area contributed by atoms with Crippen LogP contribution in [-0.4, -0.2) is 73.5 Å². The standard InChI is InChI=1S/C22H32F3N3O3/c1-16-14-26(7-8-28(16)20(29)31-21(2,3)4)15-17-5-6-18(22(23,24)25)13-19(17)27-9-11-30-12-10-27/h5-6,13,16H,7-12,14-15H2,1-4H3/t16-/m0/s1. The van der Waals surface area contributed by atoms with Crippen molar-refractivity contribution in [1.82, 2.24) is 9.80 Å². The number of morpholine rings is 1. The van der Waals surface area contributed by atoms with Gasteiger partial charge in [0.25, 0.3) is 0 Å². The molecule has 9 heteroatoms. The van der Waals surface area contributed by atoms with Crippen molar-refractivity contribution in [1.29, 1.82) is 0 Å². The molecule has 31 heavy (non-hydrogen) atoms. The van der Waals surface area contributed by atoms with Gasteiger partial charge in [0.2, 0.25) is 0 Å². The van der Waals surface area contributed by atoms with Crippen molar-refractivity contribution < 1.29 is 27.4 Å². The summed E-state index contributed by atoms with van der Waals surface area (Å²) in [6.45, 7) is 11.9. The molecule has 2 heterocycles. The minimum Gasteiger partial charge on any atom is -0.444 e. The molecule has 6 nitrogen and oxygen atoms in total. The first-order chi connectivity index (χ1) is 14.4. The minimum atomic E-state index is -4.38. The number of rotatable bonds is 3. The van der Waals surface area contributed by atoms with Gasteiger partial charge in [-0.25, -0.2) is 4.79 Å². The van der Waals surface area contributed by atoms with E-state index in [1.54, 1.807) is 11.0 Å². The molecular weight excluding hydrogens is 411 g/mol. The Hall–Kier alpha value is -2.00. The third-order valence-electron chi connectivity index (χ3n) is 5.50. The van der Waals surface area contributed by atoms with Crippen molar-refractivity contribution in [3.8, 4) is 0 Å². The van der Waals surface area contributed by atoms with Crippen LogP contribution in [0, 0.1) is 0 Å². The van der Waals surface area contributed by atoms with E-state index in [0.717, 1.165) is 11.6 Å². The zero-order valence-corrected chi connectivity index (χ0v) is 18.7. The molecule has 1 aromatic carbocycles. The Balaban J connectivity index is 1.73. The van der Waals surface area contributed by atoms with Crippen LogP contribution in [0.2, 0.25) is 0 Å². The van der Waals surface area contributed by atoms with Crippen LogP contribution in [0.5, 0.6) is 0 Å². The van der Waals surface area contributed by atoms with E-state index >= 15 is 0 Å². The Morgan fingerprint density at radius 2 is 1.81 bits per heavy atom. The van der Waals surface area contributed by atoms with Crippen molar-refractivity contribution in [3.63, 3.8) is 0 Å². The van der Waals surface area contributed by atoms with Crippen molar-refractivity contribution in [2.45, 2.75) is 52.1 Å². The molecule has 1 aromatic rings. The Kier molecular flexibility index (Phi) is 7.05. The van der Waals surface area contributed by atoms with Gasteiger partial charge < -0.3 is 19.3 Å². The van der Waals surface area contributed by atoms with Gasteiger partial charge in [0.05, 0.1) is 18.8 Å². The van der Waals surface area contributed by atoms with E-state index in [0.29, 0.717) is 58.2 Å². The summed E-state index contributed by atoms with van der Waals surface area (Å²) in [6, 6.07) is 3.93. The summed E-state index contributed by atoms with van der Waals surface area (Å²) in [5, 5.41) is 0. The normalized spacial score (nSPS) is 21.3. The molecule has 0 aliphatic carbocycles. The fourth-order valence-electron chi connectivity index (χ4n) is 3.98. The number of hydrogen-bond donors (Lipinski definition) is 0. The van der Waals surface area contributed by atoms with E-state index in [4.69, 9.17) is 9.47 Å². The Morgan fingerprint density at radius 1 is 1.13 bits per heavy atom. The van der Waals surface area contributed by atoms with E-state index in [1.807, 2.05) is 32.6 Å². The highest BCUT2D eigenvalue weighted by Crippen LogP contribution is 2.34. The Morgan fingerprint density at radius 3 is 2.39 bits per heavy atom. The maximum atomic E-state index is 13.3. The number of anilines is 1. The van der Waals surface area contributed by atoms with Crippen LogP contribution in [0.25, 0.3) is 0 Å². The highest BCUT2D eigenvalue weighted by Gasteiger charge is 2.33. The molecule has 174 valence electrons. The maximum absolute atomic E-state index is 13.3. The molecule has 2 fully saturated rings. The number of carbonyl (C=O) groups is 1. The van der Waals surface area contributed by atoms with Crippen LogP contribution in [0.3, 0.4) is 0 Å². The molecule has 0 bridgehead atoms. The van der Waals surface area contributed by atoms with Crippen molar-refractivity contribution >= 4 is 11.8 Å². The lowest BCUT2D eigenvalue weighted by Gasteiger charge is -2.41. The second-order valence-electron chi connectivity index (χ2n) is 9.20. The Bertz CT molecular complexity index is 773. The highest BCUT2D eigenvalue weighted by atomic mass is 19.4. The first kappa shape index (κ1) is 23.7. The summed E-state index contributed by atoms with van der Waals surface area (Å²) < 4.78 is 50.8. The lowest BCUT2D eigenvalue weighted by molar-refractivity contribution is -0.137. The molecule has 0 radical (unpaired) electrons. The quantitative estimate of drug-likeness (QED) is 0.707. The molecule has 0 spiro atoms. The summed E-state index contributed by atoms with van der Waals surface area (Å²) in [4.78, 5) is 18.3. The average molecular weight is 444 g/mol. The van der Waals surface area contributed by atoms with E-state index in [2.05, 4.69) is 4.90 Å². The molecule has 0 saturated carbocycles. The molecule has 2 aliphatic heterocycles. The van der Waals surface area contributed by atoms with Crippen molar-refractivity contribution in [2.75, 3.05) is 50.8 Å². The van der Waals surface area contributed by atoms with Gasteiger partial charge in [0.15, 0.2) is 0 Å². The van der Waals surface area contributed by atoms with Crippen LogP contribution in [0.15, 0.2) is 18.2 Å².